The van der Waals surface area contributed by atoms with E-state index in [4.69, 9.17) is 11.6 Å². The lowest BCUT2D eigenvalue weighted by Crippen LogP contribution is -2.38. The number of thioether (sulfide) groups is 1. The third-order valence-electron chi connectivity index (χ3n) is 4.51. The second-order valence-corrected chi connectivity index (χ2v) is 8.04. The van der Waals surface area contributed by atoms with Crippen molar-refractivity contribution in [3.63, 3.8) is 0 Å². The minimum absolute atomic E-state index is 0.00740. The summed E-state index contributed by atoms with van der Waals surface area (Å²) in [4.78, 5) is 26.8. The number of hydrogen-bond donors (Lipinski definition) is 2. The maximum absolute atomic E-state index is 13.1. The highest BCUT2D eigenvalue weighted by Crippen LogP contribution is 2.23. The van der Waals surface area contributed by atoms with Gasteiger partial charge in [-0.3, -0.25) is 9.59 Å². The van der Waals surface area contributed by atoms with E-state index < -0.39 is 5.82 Å². The number of halogens is 2. The van der Waals surface area contributed by atoms with Gasteiger partial charge in [0.2, 0.25) is 5.91 Å². The Bertz CT molecular complexity index is 888. The van der Waals surface area contributed by atoms with Crippen LogP contribution < -0.4 is 10.6 Å². The van der Waals surface area contributed by atoms with Gasteiger partial charge in [-0.1, -0.05) is 17.7 Å². The molecule has 0 bridgehead atoms. The van der Waals surface area contributed by atoms with Crippen LogP contribution in [0.4, 0.5) is 15.8 Å². The normalized spacial score (nSPS) is 13.9. The van der Waals surface area contributed by atoms with Gasteiger partial charge in [0.1, 0.15) is 5.82 Å². The average molecular weight is 422 g/mol. The van der Waals surface area contributed by atoms with Crippen molar-refractivity contribution in [2.75, 3.05) is 41.8 Å². The molecule has 0 saturated carbocycles. The molecule has 148 valence electrons. The Morgan fingerprint density at radius 2 is 1.93 bits per heavy atom. The summed E-state index contributed by atoms with van der Waals surface area (Å²) in [6.07, 6.45) is 0. The Morgan fingerprint density at radius 1 is 1.18 bits per heavy atom. The van der Waals surface area contributed by atoms with Crippen molar-refractivity contribution in [3.05, 3.63) is 58.4 Å². The summed E-state index contributed by atoms with van der Waals surface area (Å²) < 4.78 is 13.1. The predicted molar refractivity (Wildman–Crippen MR) is 113 cm³/mol. The molecule has 1 heterocycles. The van der Waals surface area contributed by atoms with Crippen LogP contribution in [0.25, 0.3) is 0 Å². The fourth-order valence-corrected chi connectivity index (χ4v) is 4.07. The van der Waals surface area contributed by atoms with Gasteiger partial charge in [-0.15, -0.1) is 0 Å². The van der Waals surface area contributed by atoms with Crippen molar-refractivity contribution < 1.29 is 14.0 Å². The summed E-state index contributed by atoms with van der Waals surface area (Å²) in [5, 5.41) is 5.83. The smallest absolute Gasteiger partial charge is 0.254 e. The van der Waals surface area contributed by atoms with Gasteiger partial charge in [0.15, 0.2) is 0 Å². The molecule has 2 N–H and O–H groups in total. The van der Waals surface area contributed by atoms with Crippen molar-refractivity contribution in [3.8, 4) is 0 Å². The third-order valence-corrected chi connectivity index (χ3v) is 5.76. The molecule has 1 saturated heterocycles. The summed E-state index contributed by atoms with van der Waals surface area (Å²) >= 11 is 7.78. The van der Waals surface area contributed by atoms with E-state index in [0.29, 0.717) is 11.3 Å². The monoisotopic (exact) mass is 421 g/mol. The largest absolute Gasteiger partial charge is 0.376 e. The van der Waals surface area contributed by atoms with E-state index >= 15 is 0 Å². The molecule has 3 rings (SSSR count). The number of hydrogen-bond acceptors (Lipinski definition) is 4. The Hall–Kier alpha value is -2.25. The molecule has 2 amide bonds. The zero-order valence-corrected chi connectivity index (χ0v) is 17.0. The molecular weight excluding hydrogens is 401 g/mol. The molecule has 0 radical (unpaired) electrons. The molecule has 0 spiro atoms. The molecule has 2 aromatic carbocycles. The topological polar surface area (TPSA) is 61.4 Å². The zero-order valence-electron chi connectivity index (χ0n) is 15.4. The number of benzene rings is 2. The Kier molecular flexibility index (Phi) is 6.80. The van der Waals surface area contributed by atoms with Gasteiger partial charge in [0.05, 0.1) is 17.3 Å². The van der Waals surface area contributed by atoms with Gasteiger partial charge in [-0.2, -0.15) is 11.8 Å². The fraction of sp³-hybridized carbons (Fsp3) is 0.300. The SMILES string of the molecule is Cc1c(NCC(=O)Nc2ccc(F)cc2Cl)cccc1C(=O)N1CCSCC1. The van der Waals surface area contributed by atoms with Gasteiger partial charge < -0.3 is 15.5 Å². The molecule has 28 heavy (non-hydrogen) atoms. The molecule has 1 aliphatic rings. The van der Waals surface area contributed by atoms with Crippen molar-refractivity contribution in [2.45, 2.75) is 6.92 Å². The molecule has 1 aliphatic heterocycles. The Labute approximate surface area is 172 Å². The van der Waals surface area contributed by atoms with E-state index in [1.807, 2.05) is 35.7 Å². The van der Waals surface area contributed by atoms with E-state index in [1.165, 1.54) is 12.1 Å². The molecule has 0 unspecified atom stereocenters. The van der Waals surface area contributed by atoms with Gasteiger partial charge in [-0.05, 0) is 42.8 Å². The highest BCUT2D eigenvalue weighted by Gasteiger charge is 2.21. The first kappa shape index (κ1) is 20.5. The van der Waals surface area contributed by atoms with Crippen LogP contribution in [0.5, 0.6) is 0 Å². The number of carbonyl (C=O) groups is 2. The van der Waals surface area contributed by atoms with E-state index in [9.17, 15) is 14.0 Å². The van der Waals surface area contributed by atoms with Crippen LogP contribution in [0, 0.1) is 12.7 Å². The maximum atomic E-state index is 13.1. The lowest BCUT2D eigenvalue weighted by Gasteiger charge is -2.27. The lowest BCUT2D eigenvalue weighted by molar-refractivity contribution is -0.114. The van der Waals surface area contributed by atoms with Crippen LogP contribution in [0.2, 0.25) is 5.02 Å². The first-order valence-electron chi connectivity index (χ1n) is 8.91. The number of carbonyl (C=O) groups excluding carboxylic acids is 2. The van der Waals surface area contributed by atoms with Gasteiger partial charge in [0.25, 0.3) is 5.91 Å². The van der Waals surface area contributed by atoms with Crippen molar-refractivity contribution in [2.24, 2.45) is 0 Å². The van der Waals surface area contributed by atoms with Crippen LogP contribution in [-0.2, 0) is 4.79 Å². The number of nitrogens with one attached hydrogen (secondary N) is 2. The highest BCUT2D eigenvalue weighted by molar-refractivity contribution is 7.99. The standard InChI is InChI=1S/C20H21ClFN3O2S/c1-13-15(20(27)25-7-9-28-10-8-25)3-2-4-17(13)23-12-19(26)24-18-6-5-14(22)11-16(18)21/h2-6,11,23H,7-10,12H2,1H3,(H,24,26). The third kappa shape index (κ3) is 4.97. The minimum atomic E-state index is -0.467. The maximum Gasteiger partial charge on any atom is 0.254 e. The molecule has 8 heteroatoms. The van der Waals surface area contributed by atoms with Crippen LogP contribution in [0.1, 0.15) is 15.9 Å². The molecule has 0 atom stereocenters. The van der Waals surface area contributed by atoms with Gasteiger partial charge in [-0.25, -0.2) is 4.39 Å². The molecule has 5 nitrogen and oxygen atoms in total. The Balaban J connectivity index is 1.64. The fourth-order valence-electron chi connectivity index (χ4n) is 2.96. The van der Waals surface area contributed by atoms with Gasteiger partial charge >= 0.3 is 0 Å². The highest BCUT2D eigenvalue weighted by atomic mass is 35.5. The number of anilines is 2. The molecule has 0 aromatic heterocycles. The van der Waals surface area contributed by atoms with Crippen molar-refractivity contribution >= 4 is 46.6 Å². The number of amides is 2. The predicted octanol–water partition coefficient (Wildman–Crippen LogP) is 4.03. The molecular formula is C20H21ClFN3O2S. The quantitative estimate of drug-likeness (QED) is 0.765. The van der Waals surface area contributed by atoms with E-state index in [-0.39, 0.29) is 23.4 Å². The molecule has 2 aromatic rings. The summed E-state index contributed by atoms with van der Waals surface area (Å²) in [7, 11) is 0. The van der Waals surface area contributed by atoms with Crippen LogP contribution in [0.3, 0.4) is 0 Å². The van der Waals surface area contributed by atoms with Crippen molar-refractivity contribution in [1.29, 1.82) is 0 Å². The first-order valence-corrected chi connectivity index (χ1v) is 10.4. The van der Waals surface area contributed by atoms with Crippen LogP contribution in [-0.4, -0.2) is 47.9 Å². The summed E-state index contributed by atoms with van der Waals surface area (Å²) in [5.41, 5.74) is 2.51. The first-order chi connectivity index (χ1) is 13.5. The molecule has 1 fully saturated rings. The summed E-state index contributed by atoms with van der Waals surface area (Å²) in [6, 6.07) is 9.22. The van der Waals surface area contributed by atoms with E-state index in [0.717, 1.165) is 41.9 Å². The van der Waals surface area contributed by atoms with E-state index in [1.54, 1.807) is 6.07 Å². The lowest BCUT2D eigenvalue weighted by atomic mass is 10.1. The Morgan fingerprint density at radius 3 is 2.64 bits per heavy atom. The van der Waals surface area contributed by atoms with E-state index in [2.05, 4.69) is 10.6 Å². The summed E-state index contributed by atoms with van der Waals surface area (Å²) in [5.74, 6) is 1.14. The van der Waals surface area contributed by atoms with Crippen molar-refractivity contribution in [1.82, 2.24) is 4.90 Å². The average Bonchev–Trinajstić information content (AvgIpc) is 2.69. The second-order valence-electron chi connectivity index (χ2n) is 6.41. The van der Waals surface area contributed by atoms with Crippen LogP contribution >= 0.6 is 23.4 Å². The number of rotatable bonds is 5. The van der Waals surface area contributed by atoms with Gasteiger partial charge in [0, 0.05) is 35.8 Å². The second kappa shape index (κ2) is 9.30. The number of nitrogens with zero attached hydrogens (tertiary/aromatic N) is 1. The summed E-state index contributed by atoms with van der Waals surface area (Å²) in [6.45, 7) is 3.36. The minimum Gasteiger partial charge on any atom is -0.376 e. The molecule has 0 aliphatic carbocycles. The zero-order chi connectivity index (χ0) is 20.1. The van der Waals surface area contributed by atoms with Crippen LogP contribution in [0.15, 0.2) is 36.4 Å².